The van der Waals surface area contributed by atoms with Gasteiger partial charge in [-0.1, -0.05) is 22.0 Å². The van der Waals surface area contributed by atoms with Gasteiger partial charge in [0.25, 0.3) is 5.91 Å². The van der Waals surface area contributed by atoms with E-state index in [2.05, 4.69) is 15.9 Å². The first-order chi connectivity index (χ1) is 9.01. The second kappa shape index (κ2) is 7.28. The Bertz CT molecular complexity index is 474. The van der Waals surface area contributed by atoms with Gasteiger partial charge in [0.1, 0.15) is 6.54 Å². The molecule has 0 fully saturated rings. The zero-order chi connectivity index (χ0) is 14.4. The predicted molar refractivity (Wildman–Crippen MR) is 77.1 cm³/mol. The fraction of sp³-hybridized carbons (Fsp3) is 0.429. The number of esters is 1. The summed E-state index contributed by atoms with van der Waals surface area (Å²) in [5, 5.41) is 0. The number of amides is 1. The molecule has 0 aromatic heterocycles. The first-order valence-corrected chi connectivity index (χ1v) is 7.00. The molecule has 19 heavy (non-hydrogen) atoms. The summed E-state index contributed by atoms with van der Waals surface area (Å²) in [6.07, 6.45) is 0. The summed E-state index contributed by atoms with van der Waals surface area (Å²) < 4.78 is 5.75. The molecule has 1 aromatic rings. The Hall–Kier alpha value is -1.36. The number of nitrogens with zero attached hydrogens (tertiary/aromatic N) is 1. The van der Waals surface area contributed by atoms with E-state index in [1.54, 1.807) is 13.0 Å². The Balaban J connectivity index is 2.89. The maximum Gasteiger partial charge on any atom is 0.325 e. The van der Waals surface area contributed by atoms with Crippen LogP contribution in [0, 0.1) is 6.92 Å². The molecule has 0 bridgehead atoms. The SMILES string of the molecule is CCOC(=O)CN(CC)C(=O)c1cccc(Br)c1C. The highest BCUT2D eigenvalue weighted by atomic mass is 79.9. The molecule has 1 aromatic carbocycles. The van der Waals surface area contributed by atoms with E-state index in [0.29, 0.717) is 18.7 Å². The van der Waals surface area contributed by atoms with Crippen LogP contribution in [0.4, 0.5) is 0 Å². The highest BCUT2D eigenvalue weighted by Crippen LogP contribution is 2.20. The fourth-order valence-corrected chi connectivity index (χ4v) is 2.07. The molecule has 5 heteroatoms. The molecule has 0 spiro atoms. The normalized spacial score (nSPS) is 10.1. The van der Waals surface area contributed by atoms with Crippen LogP contribution in [-0.4, -0.2) is 36.5 Å². The van der Waals surface area contributed by atoms with Gasteiger partial charge in [-0.05, 0) is 38.5 Å². The van der Waals surface area contributed by atoms with Gasteiger partial charge in [-0.3, -0.25) is 9.59 Å². The minimum absolute atomic E-state index is 0.0187. The van der Waals surface area contributed by atoms with Crippen LogP contribution in [0.1, 0.15) is 29.8 Å². The van der Waals surface area contributed by atoms with E-state index in [1.165, 1.54) is 4.90 Å². The standard InChI is InChI=1S/C14H18BrNO3/c1-4-16(9-13(17)19-5-2)14(18)11-7-6-8-12(15)10(11)3/h6-8H,4-5,9H2,1-3H3. The Morgan fingerprint density at radius 1 is 1.32 bits per heavy atom. The zero-order valence-electron chi connectivity index (χ0n) is 11.4. The summed E-state index contributed by atoms with van der Waals surface area (Å²) in [6.45, 7) is 6.22. The van der Waals surface area contributed by atoms with Crippen molar-refractivity contribution in [2.45, 2.75) is 20.8 Å². The Labute approximate surface area is 121 Å². The highest BCUT2D eigenvalue weighted by Gasteiger charge is 2.20. The topological polar surface area (TPSA) is 46.6 Å². The van der Waals surface area contributed by atoms with Crippen LogP contribution >= 0.6 is 15.9 Å². The van der Waals surface area contributed by atoms with Crippen molar-refractivity contribution in [1.82, 2.24) is 4.90 Å². The lowest BCUT2D eigenvalue weighted by atomic mass is 10.1. The van der Waals surface area contributed by atoms with Crippen LogP contribution < -0.4 is 0 Å². The maximum atomic E-state index is 12.4. The van der Waals surface area contributed by atoms with Gasteiger partial charge < -0.3 is 9.64 Å². The molecule has 0 aliphatic carbocycles. The Morgan fingerprint density at radius 2 is 2.00 bits per heavy atom. The van der Waals surface area contributed by atoms with Crippen LogP contribution in [0.15, 0.2) is 22.7 Å². The molecular weight excluding hydrogens is 310 g/mol. The molecule has 0 aliphatic heterocycles. The van der Waals surface area contributed by atoms with E-state index in [-0.39, 0.29) is 18.4 Å². The number of carbonyl (C=O) groups excluding carboxylic acids is 2. The third-order valence-corrected chi connectivity index (χ3v) is 3.65. The first-order valence-electron chi connectivity index (χ1n) is 6.21. The van der Waals surface area contributed by atoms with E-state index >= 15 is 0 Å². The molecule has 0 radical (unpaired) electrons. The van der Waals surface area contributed by atoms with E-state index in [9.17, 15) is 9.59 Å². The van der Waals surface area contributed by atoms with Gasteiger partial charge in [0.05, 0.1) is 6.61 Å². The second-order valence-corrected chi connectivity index (χ2v) is 4.89. The molecule has 0 saturated heterocycles. The molecule has 0 atom stereocenters. The van der Waals surface area contributed by atoms with Crippen LogP contribution in [0.5, 0.6) is 0 Å². The van der Waals surface area contributed by atoms with Crippen molar-refractivity contribution in [2.24, 2.45) is 0 Å². The van der Waals surface area contributed by atoms with Gasteiger partial charge in [-0.25, -0.2) is 0 Å². The summed E-state index contributed by atoms with van der Waals surface area (Å²) in [6, 6.07) is 5.45. The van der Waals surface area contributed by atoms with Crippen molar-refractivity contribution in [2.75, 3.05) is 19.7 Å². The smallest absolute Gasteiger partial charge is 0.325 e. The highest BCUT2D eigenvalue weighted by molar-refractivity contribution is 9.10. The van der Waals surface area contributed by atoms with Crippen molar-refractivity contribution in [3.05, 3.63) is 33.8 Å². The van der Waals surface area contributed by atoms with Crippen molar-refractivity contribution < 1.29 is 14.3 Å². The molecule has 0 saturated carbocycles. The third-order valence-electron chi connectivity index (χ3n) is 2.79. The first kappa shape index (κ1) is 15.7. The van der Waals surface area contributed by atoms with Gasteiger partial charge in [-0.15, -0.1) is 0 Å². The quantitative estimate of drug-likeness (QED) is 0.781. The van der Waals surface area contributed by atoms with Gasteiger partial charge in [-0.2, -0.15) is 0 Å². The van der Waals surface area contributed by atoms with Gasteiger partial charge in [0.2, 0.25) is 0 Å². The van der Waals surface area contributed by atoms with Gasteiger partial charge in [0, 0.05) is 16.6 Å². The van der Waals surface area contributed by atoms with E-state index < -0.39 is 0 Å². The number of halogens is 1. The van der Waals surface area contributed by atoms with Crippen LogP contribution in [0.25, 0.3) is 0 Å². The minimum Gasteiger partial charge on any atom is -0.465 e. The van der Waals surface area contributed by atoms with E-state index in [0.717, 1.165) is 10.0 Å². The molecular formula is C14H18BrNO3. The van der Waals surface area contributed by atoms with Crippen molar-refractivity contribution in [1.29, 1.82) is 0 Å². The summed E-state index contributed by atoms with van der Waals surface area (Å²) >= 11 is 3.40. The van der Waals surface area contributed by atoms with Crippen LogP contribution in [-0.2, 0) is 9.53 Å². The average molecular weight is 328 g/mol. The average Bonchev–Trinajstić information content (AvgIpc) is 2.39. The number of likely N-dealkylation sites (N-methyl/N-ethyl adjacent to an activating group) is 1. The molecule has 4 nitrogen and oxygen atoms in total. The Kier molecular flexibility index (Phi) is 6.02. The lowest BCUT2D eigenvalue weighted by molar-refractivity contribution is -0.143. The second-order valence-electron chi connectivity index (χ2n) is 4.04. The fourth-order valence-electron chi connectivity index (χ4n) is 1.70. The lowest BCUT2D eigenvalue weighted by Gasteiger charge is -2.21. The number of hydrogen-bond acceptors (Lipinski definition) is 3. The number of benzene rings is 1. The molecule has 104 valence electrons. The summed E-state index contributed by atoms with van der Waals surface area (Å²) in [7, 11) is 0. The van der Waals surface area contributed by atoms with Crippen molar-refractivity contribution in [3.63, 3.8) is 0 Å². The van der Waals surface area contributed by atoms with Crippen LogP contribution in [0.3, 0.4) is 0 Å². The Morgan fingerprint density at radius 3 is 2.58 bits per heavy atom. The van der Waals surface area contributed by atoms with Crippen LogP contribution in [0.2, 0.25) is 0 Å². The lowest BCUT2D eigenvalue weighted by Crippen LogP contribution is -2.36. The number of hydrogen-bond donors (Lipinski definition) is 0. The monoisotopic (exact) mass is 327 g/mol. The molecule has 0 unspecified atom stereocenters. The minimum atomic E-state index is -0.384. The molecule has 0 N–H and O–H groups in total. The van der Waals surface area contributed by atoms with E-state index in [1.807, 2.05) is 26.0 Å². The molecule has 1 amide bonds. The number of carbonyl (C=O) groups is 2. The molecule has 0 aliphatic rings. The van der Waals surface area contributed by atoms with Gasteiger partial charge >= 0.3 is 5.97 Å². The third kappa shape index (κ3) is 4.06. The van der Waals surface area contributed by atoms with Crippen molar-refractivity contribution >= 4 is 27.8 Å². The maximum absolute atomic E-state index is 12.4. The molecule has 1 rings (SSSR count). The van der Waals surface area contributed by atoms with Crippen molar-refractivity contribution in [3.8, 4) is 0 Å². The largest absolute Gasteiger partial charge is 0.465 e. The summed E-state index contributed by atoms with van der Waals surface area (Å²) in [5.74, 6) is -0.542. The van der Waals surface area contributed by atoms with Gasteiger partial charge in [0.15, 0.2) is 0 Å². The molecule has 0 heterocycles. The number of ether oxygens (including phenoxy) is 1. The number of rotatable bonds is 5. The predicted octanol–water partition coefficient (Wildman–Crippen LogP) is 2.78. The zero-order valence-corrected chi connectivity index (χ0v) is 13.0. The summed E-state index contributed by atoms with van der Waals surface area (Å²) in [5.41, 5.74) is 1.47. The summed E-state index contributed by atoms with van der Waals surface area (Å²) in [4.78, 5) is 25.3. The van der Waals surface area contributed by atoms with E-state index in [4.69, 9.17) is 4.74 Å².